The first-order chi connectivity index (χ1) is 8.80. The van der Waals surface area contributed by atoms with E-state index >= 15 is 0 Å². The average Bonchev–Trinajstić information content (AvgIpc) is 2.46. The molecule has 2 aromatic rings. The zero-order chi connectivity index (χ0) is 13.0. The number of hydrogen-bond acceptors (Lipinski definition) is 5. The molecule has 1 aromatic carbocycles. The highest BCUT2D eigenvalue weighted by Gasteiger charge is 2.13. The lowest BCUT2D eigenvalue weighted by molar-refractivity contribution is 0.390. The Kier molecular flexibility index (Phi) is 3.62. The van der Waals surface area contributed by atoms with Crippen molar-refractivity contribution < 1.29 is 14.2 Å². The van der Waals surface area contributed by atoms with Crippen LogP contribution in [0.15, 0.2) is 30.3 Å². The molecule has 5 heteroatoms. The normalized spacial score (nSPS) is 9.94. The molecule has 0 fully saturated rings. The molecular weight excluding hydrogens is 232 g/mol. The summed E-state index contributed by atoms with van der Waals surface area (Å²) in [4.78, 5) is 0. The Bertz CT molecular complexity index is 504. The second-order valence-electron chi connectivity index (χ2n) is 3.50. The van der Waals surface area contributed by atoms with E-state index in [1.54, 1.807) is 27.4 Å². The topological polar surface area (TPSA) is 53.5 Å². The summed E-state index contributed by atoms with van der Waals surface area (Å²) >= 11 is 0. The Balaban J connectivity index is 2.53. The molecule has 0 aliphatic heterocycles. The molecule has 0 aliphatic rings. The van der Waals surface area contributed by atoms with Gasteiger partial charge in [-0.25, -0.2) is 0 Å². The predicted octanol–water partition coefficient (Wildman–Crippen LogP) is 2.17. The highest BCUT2D eigenvalue weighted by molar-refractivity contribution is 5.74. The van der Waals surface area contributed by atoms with Crippen molar-refractivity contribution in [3.8, 4) is 28.6 Å². The zero-order valence-electron chi connectivity index (χ0n) is 10.5. The minimum absolute atomic E-state index is 0.465. The predicted molar refractivity (Wildman–Crippen MR) is 67.1 cm³/mol. The van der Waals surface area contributed by atoms with Gasteiger partial charge >= 0.3 is 0 Å². The molecular formula is C13H14N2O3. The monoisotopic (exact) mass is 246 g/mol. The summed E-state index contributed by atoms with van der Waals surface area (Å²) in [6.07, 6.45) is 0. The smallest absolute Gasteiger partial charge is 0.233 e. The molecule has 18 heavy (non-hydrogen) atoms. The van der Waals surface area contributed by atoms with E-state index in [0.717, 1.165) is 5.56 Å². The molecule has 0 aliphatic carbocycles. The van der Waals surface area contributed by atoms with Crippen LogP contribution in [0.25, 0.3) is 11.3 Å². The van der Waals surface area contributed by atoms with E-state index in [0.29, 0.717) is 23.1 Å². The van der Waals surface area contributed by atoms with Gasteiger partial charge in [0.05, 0.1) is 26.9 Å². The molecule has 0 radical (unpaired) electrons. The van der Waals surface area contributed by atoms with Crippen LogP contribution in [0.2, 0.25) is 0 Å². The minimum atomic E-state index is 0.465. The molecule has 1 heterocycles. The Labute approximate surface area is 105 Å². The van der Waals surface area contributed by atoms with Gasteiger partial charge in [0.25, 0.3) is 0 Å². The van der Waals surface area contributed by atoms with Gasteiger partial charge < -0.3 is 14.2 Å². The number of aromatic nitrogens is 2. The lowest BCUT2D eigenvalue weighted by atomic mass is 10.1. The summed E-state index contributed by atoms with van der Waals surface area (Å²) in [5.74, 6) is 1.84. The number of benzene rings is 1. The summed E-state index contributed by atoms with van der Waals surface area (Å²) in [5, 5.41) is 8.04. The number of ether oxygens (including phenoxy) is 3. The van der Waals surface area contributed by atoms with E-state index in [-0.39, 0.29) is 0 Å². The van der Waals surface area contributed by atoms with Crippen LogP contribution < -0.4 is 14.2 Å². The Hall–Kier alpha value is -2.30. The summed E-state index contributed by atoms with van der Waals surface area (Å²) in [6.45, 7) is 0. The van der Waals surface area contributed by atoms with Gasteiger partial charge in [0.2, 0.25) is 5.88 Å². The molecule has 0 bridgehead atoms. The summed E-state index contributed by atoms with van der Waals surface area (Å²) in [7, 11) is 4.76. The van der Waals surface area contributed by atoms with Crippen LogP contribution in [0.3, 0.4) is 0 Å². The molecule has 5 nitrogen and oxygen atoms in total. The standard InChI is InChI=1S/C13H14N2O3/c1-16-10-5-4-6-11(17-2)13(10)9-7-8-12(18-3)15-14-9/h4-8H,1-3H3. The second-order valence-corrected chi connectivity index (χ2v) is 3.50. The van der Waals surface area contributed by atoms with Gasteiger partial charge in [-0.1, -0.05) is 6.07 Å². The molecule has 0 unspecified atom stereocenters. The summed E-state index contributed by atoms with van der Waals surface area (Å²) in [5.41, 5.74) is 1.45. The van der Waals surface area contributed by atoms with Gasteiger partial charge in [0.15, 0.2) is 0 Å². The SMILES string of the molecule is COc1ccc(-c2c(OC)cccc2OC)nn1. The number of methoxy groups -OCH3 is 3. The quantitative estimate of drug-likeness (QED) is 0.827. The number of nitrogens with zero attached hydrogens (tertiary/aromatic N) is 2. The van der Waals surface area contributed by atoms with E-state index in [4.69, 9.17) is 14.2 Å². The van der Waals surface area contributed by atoms with Gasteiger partial charge in [-0.05, 0) is 18.2 Å². The van der Waals surface area contributed by atoms with Crippen molar-refractivity contribution in [2.75, 3.05) is 21.3 Å². The highest BCUT2D eigenvalue weighted by atomic mass is 16.5. The maximum Gasteiger partial charge on any atom is 0.233 e. The van der Waals surface area contributed by atoms with Gasteiger partial charge in [-0.15, -0.1) is 10.2 Å². The maximum atomic E-state index is 5.32. The molecule has 0 saturated carbocycles. The summed E-state index contributed by atoms with van der Waals surface area (Å²) in [6, 6.07) is 9.12. The lowest BCUT2D eigenvalue weighted by Crippen LogP contribution is -1.97. The third-order valence-electron chi connectivity index (χ3n) is 2.53. The van der Waals surface area contributed by atoms with Crippen LogP contribution in [0.5, 0.6) is 17.4 Å². The first-order valence-electron chi connectivity index (χ1n) is 5.39. The third-order valence-corrected chi connectivity index (χ3v) is 2.53. The van der Waals surface area contributed by atoms with Crippen LogP contribution in [-0.4, -0.2) is 31.5 Å². The van der Waals surface area contributed by atoms with Crippen LogP contribution >= 0.6 is 0 Å². The van der Waals surface area contributed by atoms with E-state index in [2.05, 4.69) is 10.2 Å². The molecule has 0 amide bonds. The Morgan fingerprint density at radius 1 is 0.778 bits per heavy atom. The fourth-order valence-electron chi connectivity index (χ4n) is 1.67. The van der Waals surface area contributed by atoms with Crippen LogP contribution in [0, 0.1) is 0 Å². The van der Waals surface area contributed by atoms with E-state index in [1.807, 2.05) is 24.3 Å². The number of hydrogen-bond donors (Lipinski definition) is 0. The fourth-order valence-corrected chi connectivity index (χ4v) is 1.67. The highest BCUT2D eigenvalue weighted by Crippen LogP contribution is 2.36. The number of rotatable bonds is 4. The van der Waals surface area contributed by atoms with Gasteiger partial charge in [0, 0.05) is 6.07 Å². The third kappa shape index (κ3) is 2.20. The molecule has 0 saturated heterocycles. The van der Waals surface area contributed by atoms with E-state index < -0.39 is 0 Å². The van der Waals surface area contributed by atoms with Crippen LogP contribution in [0.1, 0.15) is 0 Å². The van der Waals surface area contributed by atoms with Gasteiger partial charge in [0.1, 0.15) is 17.2 Å². The molecule has 1 aromatic heterocycles. The summed E-state index contributed by atoms with van der Waals surface area (Å²) < 4.78 is 15.6. The van der Waals surface area contributed by atoms with Crippen LogP contribution in [-0.2, 0) is 0 Å². The van der Waals surface area contributed by atoms with Gasteiger partial charge in [-0.3, -0.25) is 0 Å². The van der Waals surface area contributed by atoms with Crippen molar-refractivity contribution >= 4 is 0 Å². The largest absolute Gasteiger partial charge is 0.496 e. The zero-order valence-corrected chi connectivity index (χ0v) is 10.5. The van der Waals surface area contributed by atoms with E-state index in [1.165, 1.54) is 0 Å². The van der Waals surface area contributed by atoms with Crippen molar-refractivity contribution in [3.05, 3.63) is 30.3 Å². The van der Waals surface area contributed by atoms with Crippen molar-refractivity contribution in [2.45, 2.75) is 0 Å². The minimum Gasteiger partial charge on any atom is -0.496 e. The maximum absolute atomic E-state index is 5.32. The molecule has 94 valence electrons. The van der Waals surface area contributed by atoms with Crippen molar-refractivity contribution in [1.82, 2.24) is 10.2 Å². The first-order valence-corrected chi connectivity index (χ1v) is 5.39. The fraction of sp³-hybridized carbons (Fsp3) is 0.231. The molecule has 0 atom stereocenters. The Morgan fingerprint density at radius 2 is 1.44 bits per heavy atom. The second kappa shape index (κ2) is 5.35. The van der Waals surface area contributed by atoms with Crippen LogP contribution in [0.4, 0.5) is 0 Å². The molecule has 2 rings (SSSR count). The van der Waals surface area contributed by atoms with Crippen molar-refractivity contribution in [2.24, 2.45) is 0 Å². The van der Waals surface area contributed by atoms with Crippen molar-refractivity contribution in [1.29, 1.82) is 0 Å². The van der Waals surface area contributed by atoms with Gasteiger partial charge in [-0.2, -0.15) is 0 Å². The Morgan fingerprint density at radius 3 is 1.89 bits per heavy atom. The molecule has 0 N–H and O–H groups in total. The lowest BCUT2D eigenvalue weighted by Gasteiger charge is -2.11. The average molecular weight is 246 g/mol. The van der Waals surface area contributed by atoms with E-state index in [9.17, 15) is 0 Å². The first kappa shape index (κ1) is 12.2. The molecule has 0 spiro atoms. The van der Waals surface area contributed by atoms with Crippen molar-refractivity contribution in [3.63, 3.8) is 0 Å².